The lowest BCUT2D eigenvalue weighted by Gasteiger charge is -2.08. The molecule has 3 aromatic rings. The fourth-order valence-corrected chi connectivity index (χ4v) is 2.94. The molecule has 0 saturated heterocycles. The van der Waals surface area contributed by atoms with Crippen LogP contribution in [-0.4, -0.2) is 30.0 Å². The van der Waals surface area contributed by atoms with Crippen molar-refractivity contribution in [3.05, 3.63) is 65.9 Å². The van der Waals surface area contributed by atoms with Crippen LogP contribution in [0.2, 0.25) is 0 Å². The van der Waals surface area contributed by atoms with Crippen LogP contribution in [0, 0.1) is 0 Å². The first-order valence-corrected chi connectivity index (χ1v) is 8.13. The summed E-state index contributed by atoms with van der Waals surface area (Å²) < 4.78 is 6.83. The molecule has 0 fully saturated rings. The number of amides is 1. The van der Waals surface area contributed by atoms with Crippen LogP contribution in [0.5, 0.6) is 5.75 Å². The number of aromatic nitrogens is 1. The molecule has 1 N–H and O–H groups in total. The first-order chi connectivity index (χ1) is 12.1. The number of hydrogen-bond acceptors (Lipinski definition) is 3. The molecule has 5 heteroatoms. The molecule has 1 amide bonds. The van der Waals surface area contributed by atoms with Gasteiger partial charge in [0.1, 0.15) is 5.75 Å². The lowest BCUT2D eigenvalue weighted by atomic mass is 10.1. The summed E-state index contributed by atoms with van der Waals surface area (Å²) in [5.74, 6) is 0.500. The summed E-state index contributed by atoms with van der Waals surface area (Å²) in [5.41, 5.74) is 2.28. The second-order valence-electron chi connectivity index (χ2n) is 5.77. The van der Waals surface area contributed by atoms with Gasteiger partial charge in [-0.2, -0.15) is 0 Å². The average Bonchev–Trinajstić information content (AvgIpc) is 3.02. The summed E-state index contributed by atoms with van der Waals surface area (Å²) in [6.45, 7) is 1.97. The van der Waals surface area contributed by atoms with Crippen molar-refractivity contribution in [2.24, 2.45) is 0 Å². The van der Waals surface area contributed by atoms with Gasteiger partial charge in [-0.05, 0) is 24.1 Å². The Bertz CT molecular complexity index is 928. The van der Waals surface area contributed by atoms with Crippen LogP contribution in [-0.2, 0) is 6.42 Å². The summed E-state index contributed by atoms with van der Waals surface area (Å²) in [6.07, 6.45) is 2.27. The number of fused-ring (bicyclic) bond motifs is 1. The van der Waals surface area contributed by atoms with E-state index in [2.05, 4.69) is 5.32 Å². The Morgan fingerprint density at radius 1 is 1.08 bits per heavy atom. The quantitative estimate of drug-likeness (QED) is 0.778. The Kier molecular flexibility index (Phi) is 4.84. The van der Waals surface area contributed by atoms with Gasteiger partial charge in [-0.3, -0.25) is 14.2 Å². The molecule has 128 valence electrons. The lowest BCUT2D eigenvalue weighted by Crippen LogP contribution is -2.25. The van der Waals surface area contributed by atoms with Gasteiger partial charge in [0.25, 0.3) is 5.91 Å². The molecule has 0 aliphatic heterocycles. The van der Waals surface area contributed by atoms with E-state index in [1.807, 2.05) is 48.5 Å². The number of nitrogens with zero attached hydrogens (tertiary/aromatic N) is 1. The summed E-state index contributed by atoms with van der Waals surface area (Å²) in [7, 11) is 1.63. The highest BCUT2D eigenvalue weighted by atomic mass is 16.5. The SMILES string of the molecule is COc1ccccc1CCNC(=O)c1cn(C(C)=O)c2ccccc12. The molecule has 25 heavy (non-hydrogen) atoms. The zero-order valence-electron chi connectivity index (χ0n) is 14.3. The maximum Gasteiger partial charge on any atom is 0.253 e. The first-order valence-electron chi connectivity index (χ1n) is 8.13. The Morgan fingerprint density at radius 3 is 2.56 bits per heavy atom. The van der Waals surface area contributed by atoms with Gasteiger partial charge in [0, 0.05) is 25.1 Å². The van der Waals surface area contributed by atoms with Crippen LogP contribution >= 0.6 is 0 Å². The molecule has 3 rings (SSSR count). The molecule has 0 saturated carbocycles. The third kappa shape index (κ3) is 3.40. The van der Waals surface area contributed by atoms with E-state index in [0.29, 0.717) is 18.5 Å². The number of methoxy groups -OCH3 is 1. The van der Waals surface area contributed by atoms with Crippen molar-refractivity contribution in [3.63, 3.8) is 0 Å². The average molecular weight is 336 g/mol. The van der Waals surface area contributed by atoms with Crippen LogP contribution in [0.25, 0.3) is 10.9 Å². The van der Waals surface area contributed by atoms with Crippen LogP contribution in [0.3, 0.4) is 0 Å². The molecule has 0 radical (unpaired) electrons. The third-order valence-electron chi connectivity index (χ3n) is 4.17. The van der Waals surface area contributed by atoms with E-state index in [-0.39, 0.29) is 11.8 Å². The minimum atomic E-state index is -0.189. The minimum Gasteiger partial charge on any atom is -0.496 e. The van der Waals surface area contributed by atoms with E-state index >= 15 is 0 Å². The molecule has 5 nitrogen and oxygen atoms in total. The van der Waals surface area contributed by atoms with Gasteiger partial charge in [-0.25, -0.2) is 0 Å². The minimum absolute atomic E-state index is 0.121. The van der Waals surface area contributed by atoms with Crippen molar-refractivity contribution in [2.75, 3.05) is 13.7 Å². The molecular formula is C20H20N2O3. The van der Waals surface area contributed by atoms with Crippen molar-refractivity contribution in [1.29, 1.82) is 0 Å². The number of para-hydroxylation sites is 2. The van der Waals surface area contributed by atoms with Gasteiger partial charge in [0.05, 0.1) is 18.2 Å². The number of hydrogen-bond donors (Lipinski definition) is 1. The largest absolute Gasteiger partial charge is 0.496 e. The van der Waals surface area contributed by atoms with Crippen molar-refractivity contribution < 1.29 is 14.3 Å². The van der Waals surface area contributed by atoms with Crippen molar-refractivity contribution in [1.82, 2.24) is 9.88 Å². The van der Waals surface area contributed by atoms with Gasteiger partial charge in [0.2, 0.25) is 5.91 Å². The highest BCUT2D eigenvalue weighted by Gasteiger charge is 2.16. The smallest absolute Gasteiger partial charge is 0.253 e. The number of carbonyl (C=O) groups excluding carboxylic acids is 2. The predicted octanol–water partition coefficient (Wildman–Crippen LogP) is 3.28. The van der Waals surface area contributed by atoms with Crippen LogP contribution in [0.4, 0.5) is 0 Å². The predicted molar refractivity (Wildman–Crippen MR) is 97.3 cm³/mol. The molecule has 0 atom stereocenters. The fourth-order valence-electron chi connectivity index (χ4n) is 2.94. The van der Waals surface area contributed by atoms with Crippen LogP contribution in [0.1, 0.15) is 27.6 Å². The van der Waals surface area contributed by atoms with E-state index in [4.69, 9.17) is 4.74 Å². The third-order valence-corrected chi connectivity index (χ3v) is 4.17. The zero-order chi connectivity index (χ0) is 17.8. The Labute approximate surface area is 146 Å². The number of nitrogens with one attached hydrogen (secondary N) is 1. The van der Waals surface area contributed by atoms with Crippen molar-refractivity contribution in [3.8, 4) is 5.75 Å². The number of rotatable bonds is 5. The number of ether oxygens (including phenoxy) is 1. The van der Waals surface area contributed by atoms with Crippen molar-refractivity contribution >= 4 is 22.7 Å². The normalized spacial score (nSPS) is 10.6. The van der Waals surface area contributed by atoms with E-state index in [1.165, 1.54) is 11.5 Å². The zero-order valence-corrected chi connectivity index (χ0v) is 14.3. The van der Waals surface area contributed by atoms with Gasteiger partial charge in [-0.1, -0.05) is 36.4 Å². The van der Waals surface area contributed by atoms with Crippen LogP contribution < -0.4 is 10.1 Å². The van der Waals surface area contributed by atoms with E-state index < -0.39 is 0 Å². The van der Waals surface area contributed by atoms with E-state index in [9.17, 15) is 9.59 Å². The molecule has 2 aromatic carbocycles. The Morgan fingerprint density at radius 2 is 1.80 bits per heavy atom. The van der Waals surface area contributed by atoms with E-state index in [0.717, 1.165) is 22.2 Å². The van der Waals surface area contributed by atoms with Crippen LogP contribution in [0.15, 0.2) is 54.7 Å². The summed E-state index contributed by atoms with van der Waals surface area (Å²) in [6, 6.07) is 15.1. The van der Waals surface area contributed by atoms with E-state index in [1.54, 1.807) is 13.3 Å². The van der Waals surface area contributed by atoms with Gasteiger partial charge >= 0.3 is 0 Å². The Balaban J connectivity index is 1.76. The topological polar surface area (TPSA) is 60.3 Å². The molecule has 0 bridgehead atoms. The second kappa shape index (κ2) is 7.21. The maximum absolute atomic E-state index is 12.6. The van der Waals surface area contributed by atoms with Gasteiger partial charge < -0.3 is 10.1 Å². The summed E-state index contributed by atoms with van der Waals surface area (Å²) in [5, 5.41) is 3.69. The molecule has 1 aromatic heterocycles. The first kappa shape index (κ1) is 16.8. The second-order valence-corrected chi connectivity index (χ2v) is 5.77. The van der Waals surface area contributed by atoms with Gasteiger partial charge in [0.15, 0.2) is 0 Å². The molecule has 0 unspecified atom stereocenters. The van der Waals surface area contributed by atoms with Gasteiger partial charge in [-0.15, -0.1) is 0 Å². The lowest BCUT2D eigenvalue weighted by molar-refractivity contribution is 0.0941. The number of benzene rings is 2. The maximum atomic E-state index is 12.6. The molecular weight excluding hydrogens is 316 g/mol. The van der Waals surface area contributed by atoms with Crippen molar-refractivity contribution in [2.45, 2.75) is 13.3 Å². The molecule has 0 spiro atoms. The number of carbonyl (C=O) groups is 2. The molecule has 0 aliphatic rings. The summed E-state index contributed by atoms with van der Waals surface area (Å²) >= 11 is 0. The molecule has 1 heterocycles. The highest BCUT2D eigenvalue weighted by Crippen LogP contribution is 2.21. The molecule has 0 aliphatic carbocycles. The Hall–Kier alpha value is -3.08. The fraction of sp³-hybridized carbons (Fsp3) is 0.200. The monoisotopic (exact) mass is 336 g/mol. The highest BCUT2D eigenvalue weighted by molar-refractivity contribution is 6.09. The standard InChI is InChI=1S/C20H20N2O3/c1-14(23)22-13-17(16-8-4-5-9-18(16)22)20(24)21-12-11-15-7-3-6-10-19(15)25-2/h3-10,13H,11-12H2,1-2H3,(H,21,24). The summed E-state index contributed by atoms with van der Waals surface area (Å²) in [4.78, 5) is 24.4.